The van der Waals surface area contributed by atoms with Crippen molar-refractivity contribution < 1.29 is 14.3 Å². The summed E-state index contributed by atoms with van der Waals surface area (Å²) < 4.78 is 13.3. The van der Waals surface area contributed by atoms with Crippen LogP contribution in [-0.4, -0.2) is 35.1 Å². The molecule has 3 nitrogen and oxygen atoms in total. The first kappa shape index (κ1) is 12.8. The standard InChI is InChI=1S/C14H16FNO2/c15-13-6-2-1-4-11(13)7-8-14(18)16-9-3-5-12(16)10-17/h1-2,4,6-8,12,17H,3,5,9-10H2/b8-7+. The van der Waals surface area contributed by atoms with E-state index in [0.717, 1.165) is 12.8 Å². The molecule has 0 spiro atoms. The fourth-order valence-electron chi connectivity index (χ4n) is 2.18. The molecule has 1 aromatic rings. The smallest absolute Gasteiger partial charge is 0.246 e. The van der Waals surface area contributed by atoms with Gasteiger partial charge in [-0.15, -0.1) is 0 Å². The van der Waals surface area contributed by atoms with Gasteiger partial charge < -0.3 is 10.0 Å². The van der Waals surface area contributed by atoms with E-state index in [1.54, 1.807) is 23.1 Å². The number of aliphatic hydroxyl groups is 1. The summed E-state index contributed by atoms with van der Waals surface area (Å²) in [5.41, 5.74) is 0.394. The molecule has 1 N–H and O–H groups in total. The van der Waals surface area contributed by atoms with Crippen molar-refractivity contribution in [2.24, 2.45) is 0 Å². The number of benzene rings is 1. The van der Waals surface area contributed by atoms with Gasteiger partial charge in [0.05, 0.1) is 12.6 Å². The number of nitrogens with zero attached hydrogens (tertiary/aromatic N) is 1. The van der Waals surface area contributed by atoms with E-state index in [0.29, 0.717) is 12.1 Å². The second-order valence-electron chi connectivity index (χ2n) is 4.37. The van der Waals surface area contributed by atoms with Crippen molar-refractivity contribution in [1.29, 1.82) is 0 Å². The summed E-state index contributed by atoms with van der Waals surface area (Å²) in [6.07, 6.45) is 4.58. The van der Waals surface area contributed by atoms with Crippen molar-refractivity contribution >= 4 is 12.0 Å². The quantitative estimate of drug-likeness (QED) is 0.830. The minimum Gasteiger partial charge on any atom is -0.394 e. The van der Waals surface area contributed by atoms with E-state index in [1.807, 2.05) is 0 Å². The lowest BCUT2D eigenvalue weighted by atomic mass is 10.2. The van der Waals surface area contributed by atoms with E-state index in [4.69, 9.17) is 5.11 Å². The van der Waals surface area contributed by atoms with Gasteiger partial charge >= 0.3 is 0 Å². The summed E-state index contributed by atoms with van der Waals surface area (Å²) in [6, 6.07) is 6.21. The van der Waals surface area contributed by atoms with Crippen molar-refractivity contribution in [3.63, 3.8) is 0 Å². The largest absolute Gasteiger partial charge is 0.394 e. The van der Waals surface area contributed by atoms with E-state index in [2.05, 4.69) is 0 Å². The van der Waals surface area contributed by atoms with Gasteiger partial charge in [0, 0.05) is 18.2 Å². The molecule has 18 heavy (non-hydrogen) atoms. The Morgan fingerprint density at radius 2 is 2.28 bits per heavy atom. The Bertz CT molecular complexity index is 459. The van der Waals surface area contributed by atoms with Crippen molar-refractivity contribution in [3.05, 3.63) is 41.7 Å². The first-order valence-electron chi connectivity index (χ1n) is 6.06. The first-order chi connectivity index (χ1) is 8.72. The SMILES string of the molecule is O=C(/C=C/c1ccccc1F)N1CCCC1CO. The molecule has 1 aliphatic heterocycles. The molecule has 1 fully saturated rings. The number of amides is 1. The van der Waals surface area contributed by atoms with Gasteiger partial charge in [-0.25, -0.2) is 4.39 Å². The van der Waals surface area contributed by atoms with Crippen LogP contribution in [0.1, 0.15) is 18.4 Å². The molecule has 2 rings (SSSR count). The van der Waals surface area contributed by atoms with Crippen molar-refractivity contribution in [1.82, 2.24) is 4.90 Å². The Balaban J connectivity index is 2.05. The number of halogens is 1. The van der Waals surface area contributed by atoms with E-state index in [9.17, 15) is 9.18 Å². The fraction of sp³-hybridized carbons (Fsp3) is 0.357. The Morgan fingerprint density at radius 1 is 1.50 bits per heavy atom. The first-order valence-corrected chi connectivity index (χ1v) is 6.06. The van der Waals surface area contributed by atoms with Crippen LogP contribution in [0.3, 0.4) is 0 Å². The average Bonchev–Trinajstić information content (AvgIpc) is 2.86. The van der Waals surface area contributed by atoms with E-state index >= 15 is 0 Å². The molecular formula is C14H16FNO2. The molecular weight excluding hydrogens is 233 g/mol. The molecule has 1 atom stereocenters. The second-order valence-corrected chi connectivity index (χ2v) is 4.37. The lowest BCUT2D eigenvalue weighted by Gasteiger charge is -2.21. The molecule has 1 heterocycles. The maximum atomic E-state index is 13.3. The minimum atomic E-state index is -0.346. The molecule has 0 saturated carbocycles. The molecule has 4 heteroatoms. The summed E-state index contributed by atoms with van der Waals surface area (Å²) in [5, 5.41) is 9.14. The average molecular weight is 249 g/mol. The molecule has 96 valence electrons. The van der Waals surface area contributed by atoms with Gasteiger partial charge in [-0.2, -0.15) is 0 Å². The van der Waals surface area contributed by atoms with Crippen LogP contribution in [0.2, 0.25) is 0 Å². The summed E-state index contributed by atoms with van der Waals surface area (Å²) in [4.78, 5) is 13.5. The van der Waals surface area contributed by atoms with Crippen LogP contribution in [0.15, 0.2) is 30.3 Å². The number of hydrogen-bond acceptors (Lipinski definition) is 2. The second kappa shape index (κ2) is 5.78. The van der Waals surface area contributed by atoms with Crippen molar-refractivity contribution in [2.45, 2.75) is 18.9 Å². The van der Waals surface area contributed by atoms with Gasteiger partial charge in [-0.3, -0.25) is 4.79 Å². The predicted octanol–water partition coefficient (Wildman–Crippen LogP) is 1.82. The zero-order chi connectivity index (χ0) is 13.0. The van der Waals surface area contributed by atoms with Crippen LogP contribution in [-0.2, 0) is 4.79 Å². The third-order valence-corrected chi connectivity index (χ3v) is 3.18. The van der Waals surface area contributed by atoms with Gasteiger partial charge in [0.25, 0.3) is 0 Å². The third kappa shape index (κ3) is 2.76. The van der Waals surface area contributed by atoms with Crippen LogP contribution < -0.4 is 0 Å². The van der Waals surface area contributed by atoms with Crippen LogP contribution in [0.4, 0.5) is 4.39 Å². The highest BCUT2D eigenvalue weighted by Crippen LogP contribution is 2.17. The monoisotopic (exact) mass is 249 g/mol. The van der Waals surface area contributed by atoms with Crippen molar-refractivity contribution in [3.8, 4) is 0 Å². The molecule has 1 amide bonds. The van der Waals surface area contributed by atoms with Gasteiger partial charge in [0.15, 0.2) is 0 Å². The molecule has 0 aromatic heterocycles. The molecule has 1 unspecified atom stereocenters. The lowest BCUT2D eigenvalue weighted by Crippen LogP contribution is -2.36. The van der Waals surface area contributed by atoms with E-state index in [1.165, 1.54) is 18.2 Å². The van der Waals surface area contributed by atoms with Gasteiger partial charge in [0.2, 0.25) is 5.91 Å². The van der Waals surface area contributed by atoms with Crippen LogP contribution in [0, 0.1) is 5.82 Å². The van der Waals surface area contributed by atoms with Crippen molar-refractivity contribution in [2.75, 3.05) is 13.2 Å². The fourth-order valence-corrected chi connectivity index (χ4v) is 2.18. The number of rotatable bonds is 3. The summed E-state index contributed by atoms with van der Waals surface area (Å²) in [5.74, 6) is -0.517. The Labute approximate surface area is 106 Å². The Kier molecular flexibility index (Phi) is 4.10. The van der Waals surface area contributed by atoms with Crippen LogP contribution >= 0.6 is 0 Å². The Hall–Kier alpha value is -1.68. The molecule has 1 aliphatic rings. The van der Waals surface area contributed by atoms with Crippen LogP contribution in [0.25, 0.3) is 6.08 Å². The Morgan fingerprint density at radius 3 is 3.00 bits per heavy atom. The molecule has 0 aliphatic carbocycles. The molecule has 1 aromatic carbocycles. The number of carbonyl (C=O) groups is 1. The maximum absolute atomic E-state index is 13.3. The highest BCUT2D eigenvalue weighted by molar-refractivity contribution is 5.92. The topological polar surface area (TPSA) is 40.5 Å². The minimum absolute atomic E-state index is 0.0146. The van der Waals surface area contributed by atoms with Crippen LogP contribution in [0.5, 0.6) is 0 Å². The molecule has 0 radical (unpaired) electrons. The highest BCUT2D eigenvalue weighted by Gasteiger charge is 2.26. The highest BCUT2D eigenvalue weighted by atomic mass is 19.1. The number of likely N-dealkylation sites (tertiary alicyclic amines) is 1. The van der Waals surface area contributed by atoms with Gasteiger partial charge in [0.1, 0.15) is 5.82 Å². The predicted molar refractivity (Wildman–Crippen MR) is 67.3 cm³/mol. The molecule has 1 saturated heterocycles. The summed E-state index contributed by atoms with van der Waals surface area (Å²) in [7, 11) is 0. The van der Waals surface area contributed by atoms with Gasteiger partial charge in [-0.05, 0) is 25.0 Å². The number of hydrogen-bond donors (Lipinski definition) is 1. The van der Waals surface area contributed by atoms with E-state index in [-0.39, 0.29) is 24.4 Å². The normalized spacial score (nSPS) is 19.7. The summed E-state index contributed by atoms with van der Waals surface area (Å²) >= 11 is 0. The molecule has 0 bridgehead atoms. The lowest BCUT2D eigenvalue weighted by molar-refractivity contribution is -0.127. The number of aliphatic hydroxyl groups excluding tert-OH is 1. The zero-order valence-electron chi connectivity index (χ0n) is 10.1. The van der Waals surface area contributed by atoms with Gasteiger partial charge in [-0.1, -0.05) is 18.2 Å². The zero-order valence-corrected chi connectivity index (χ0v) is 10.1. The maximum Gasteiger partial charge on any atom is 0.246 e. The third-order valence-electron chi connectivity index (χ3n) is 3.18. The number of carbonyl (C=O) groups excluding carboxylic acids is 1. The summed E-state index contributed by atoms with van der Waals surface area (Å²) in [6.45, 7) is 0.644. The van der Waals surface area contributed by atoms with E-state index < -0.39 is 0 Å².